The topological polar surface area (TPSA) is 44.8 Å². The van der Waals surface area contributed by atoms with Gasteiger partial charge in [-0.25, -0.2) is 0 Å². The highest BCUT2D eigenvalue weighted by Gasteiger charge is 2.14. The quantitative estimate of drug-likeness (QED) is 0.500. The maximum Gasteiger partial charge on any atom is 0.387 e. The van der Waals surface area contributed by atoms with E-state index in [0.29, 0.717) is 12.1 Å². The minimum atomic E-state index is -2.89. The normalized spacial score (nSPS) is 16.1. The van der Waals surface area contributed by atoms with Crippen LogP contribution in [0.2, 0.25) is 0 Å². The van der Waals surface area contributed by atoms with E-state index < -0.39 is 6.61 Å². The molecule has 1 aromatic rings. The van der Waals surface area contributed by atoms with Crippen molar-refractivity contribution in [1.29, 1.82) is 0 Å². The molecule has 0 aliphatic carbocycles. The van der Waals surface area contributed by atoms with E-state index in [0.717, 1.165) is 52.1 Å². The zero-order valence-electron chi connectivity index (χ0n) is 15.9. The van der Waals surface area contributed by atoms with E-state index in [1.807, 2.05) is 0 Å². The summed E-state index contributed by atoms with van der Waals surface area (Å²) < 4.78 is 29.2. The Bertz CT molecular complexity index is 603. The van der Waals surface area contributed by atoms with E-state index in [1.165, 1.54) is 18.2 Å². The van der Waals surface area contributed by atoms with Crippen LogP contribution in [-0.2, 0) is 4.79 Å². The van der Waals surface area contributed by atoms with Crippen molar-refractivity contribution in [3.8, 4) is 5.75 Å². The van der Waals surface area contributed by atoms with Crippen molar-refractivity contribution in [3.05, 3.63) is 35.9 Å². The number of nitrogens with zero attached hydrogens (tertiary/aromatic N) is 2. The fourth-order valence-corrected chi connectivity index (χ4v) is 3.05. The lowest BCUT2D eigenvalue weighted by molar-refractivity contribution is -0.116. The molecule has 0 radical (unpaired) electrons. The van der Waals surface area contributed by atoms with Crippen molar-refractivity contribution in [2.75, 3.05) is 45.8 Å². The van der Waals surface area contributed by atoms with Gasteiger partial charge < -0.3 is 19.9 Å². The molecule has 0 aromatic heterocycles. The van der Waals surface area contributed by atoms with Crippen LogP contribution in [-0.4, -0.2) is 68.1 Å². The van der Waals surface area contributed by atoms with Crippen LogP contribution in [0.25, 0.3) is 6.08 Å². The fraction of sp³-hybridized carbons (Fsp3) is 0.550. The number of nitrogens with one attached hydrogen (secondary N) is 1. The number of amides is 1. The van der Waals surface area contributed by atoms with Crippen LogP contribution < -0.4 is 10.1 Å². The molecule has 1 heterocycles. The standard InChI is InChI=1S/C20H29F2N3O2/c1-2-24-13-15-25(16-14-24)12-6-5-11-23-19(26)10-9-17-7-3-4-8-18(17)27-20(21)22/h3-4,7-10,20H,2,5-6,11-16H2,1H3,(H,23,26). The Morgan fingerprint density at radius 2 is 1.89 bits per heavy atom. The molecule has 7 heteroatoms. The van der Waals surface area contributed by atoms with Gasteiger partial charge in [-0.05, 0) is 38.1 Å². The summed E-state index contributed by atoms with van der Waals surface area (Å²) in [5.41, 5.74) is 0.444. The SMILES string of the molecule is CCN1CCN(CCCCNC(=O)C=Cc2ccccc2OC(F)F)CC1. The zero-order chi connectivity index (χ0) is 19.5. The molecule has 1 aliphatic heterocycles. The summed E-state index contributed by atoms with van der Waals surface area (Å²) in [7, 11) is 0. The average Bonchev–Trinajstić information content (AvgIpc) is 2.67. The fourth-order valence-electron chi connectivity index (χ4n) is 3.05. The molecular weight excluding hydrogens is 352 g/mol. The van der Waals surface area contributed by atoms with E-state index >= 15 is 0 Å². The van der Waals surface area contributed by atoms with Crippen molar-refractivity contribution in [2.45, 2.75) is 26.4 Å². The Morgan fingerprint density at radius 1 is 1.19 bits per heavy atom. The number of hydrogen-bond acceptors (Lipinski definition) is 4. The number of carbonyl (C=O) groups excluding carboxylic acids is 1. The maximum absolute atomic E-state index is 12.4. The van der Waals surface area contributed by atoms with Gasteiger partial charge in [0.2, 0.25) is 5.91 Å². The molecule has 0 atom stereocenters. The van der Waals surface area contributed by atoms with Crippen molar-refractivity contribution >= 4 is 12.0 Å². The van der Waals surface area contributed by atoms with E-state index in [2.05, 4.69) is 26.8 Å². The highest BCUT2D eigenvalue weighted by atomic mass is 19.3. The summed E-state index contributed by atoms with van der Waals surface area (Å²) >= 11 is 0. The van der Waals surface area contributed by atoms with Gasteiger partial charge in [0.1, 0.15) is 5.75 Å². The molecule has 1 saturated heterocycles. The number of hydrogen-bond donors (Lipinski definition) is 1. The van der Waals surface area contributed by atoms with Gasteiger partial charge in [0, 0.05) is 44.4 Å². The van der Waals surface area contributed by atoms with E-state index in [1.54, 1.807) is 18.2 Å². The van der Waals surface area contributed by atoms with Gasteiger partial charge in [0.25, 0.3) is 0 Å². The van der Waals surface area contributed by atoms with Gasteiger partial charge >= 0.3 is 6.61 Å². The van der Waals surface area contributed by atoms with E-state index in [-0.39, 0.29) is 11.7 Å². The molecule has 0 saturated carbocycles. The summed E-state index contributed by atoms with van der Waals surface area (Å²) in [5.74, 6) is -0.182. The lowest BCUT2D eigenvalue weighted by atomic mass is 10.2. The summed E-state index contributed by atoms with van der Waals surface area (Å²) in [5, 5.41) is 2.83. The van der Waals surface area contributed by atoms with E-state index in [9.17, 15) is 13.6 Å². The third-order valence-electron chi connectivity index (χ3n) is 4.66. The summed E-state index contributed by atoms with van der Waals surface area (Å²) in [6.07, 6.45) is 4.79. The Morgan fingerprint density at radius 3 is 2.59 bits per heavy atom. The zero-order valence-corrected chi connectivity index (χ0v) is 15.9. The Hall–Kier alpha value is -1.99. The number of alkyl halides is 2. The lowest BCUT2D eigenvalue weighted by Gasteiger charge is -2.33. The number of piperazine rings is 1. The summed E-state index contributed by atoms with van der Waals surface area (Å²) in [6.45, 7) is 6.58. The molecule has 150 valence electrons. The first-order valence-corrected chi connectivity index (χ1v) is 9.53. The second kappa shape index (κ2) is 11.7. The molecule has 1 N–H and O–H groups in total. The highest BCUT2D eigenvalue weighted by Crippen LogP contribution is 2.21. The third-order valence-corrected chi connectivity index (χ3v) is 4.66. The molecule has 2 rings (SSSR count). The molecular formula is C20H29F2N3O2. The molecule has 1 aromatic carbocycles. The first-order valence-electron chi connectivity index (χ1n) is 9.53. The number of rotatable bonds is 10. The largest absolute Gasteiger partial charge is 0.434 e. The molecule has 1 fully saturated rings. The maximum atomic E-state index is 12.4. The molecule has 1 amide bonds. The molecule has 1 aliphatic rings. The van der Waals surface area contributed by atoms with Crippen LogP contribution in [0.1, 0.15) is 25.3 Å². The van der Waals surface area contributed by atoms with Crippen LogP contribution in [0.4, 0.5) is 8.78 Å². The lowest BCUT2D eigenvalue weighted by Crippen LogP contribution is -2.46. The molecule has 27 heavy (non-hydrogen) atoms. The summed E-state index contributed by atoms with van der Waals surface area (Å²) in [4.78, 5) is 16.8. The second-order valence-electron chi connectivity index (χ2n) is 6.52. The van der Waals surface area contributed by atoms with Crippen molar-refractivity contribution in [3.63, 3.8) is 0 Å². The number of carbonyl (C=O) groups is 1. The van der Waals surface area contributed by atoms with Crippen LogP contribution in [0, 0.1) is 0 Å². The highest BCUT2D eigenvalue weighted by molar-refractivity contribution is 5.92. The van der Waals surface area contributed by atoms with Crippen molar-refractivity contribution in [2.24, 2.45) is 0 Å². The van der Waals surface area contributed by atoms with Crippen LogP contribution in [0.5, 0.6) is 5.75 Å². The average molecular weight is 381 g/mol. The number of likely N-dealkylation sites (N-methyl/N-ethyl adjacent to an activating group) is 1. The number of ether oxygens (including phenoxy) is 1. The first-order chi connectivity index (χ1) is 13.1. The summed E-state index contributed by atoms with van der Waals surface area (Å²) in [6, 6.07) is 6.39. The van der Waals surface area contributed by atoms with Gasteiger partial charge in [-0.3, -0.25) is 4.79 Å². The van der Waals surface area contributed by atoms with Crippen LogP contribution >= 0.6 is 0 Å². The minimum Gasteiger partial charge on any atom is -0.434 e. The van der Waals surface area contributed by atoms with Crippen LogP contribution in [0.15, 0.2) is 30.3 Å². The van der Waals surface area contributed by atoms with Gasteiger partial charge in [-0.15, -0.1) is 0 Å². The third kappa shape index (κ3) is 8.05. The number of halogens is 2. The molecule has 0 unspecified atom stereocenters. The van der Waals surface area contributed by atoms with Gasteiger partial charge in [-0.2, -0.15) is 8.78 Å². The number of unbranched alkanes of at least 4 members (excludes halogenated alkanes) is 1. The number of para-hydroxylation sites is 1. The molecule has 0 spiro atoms. The van der Waals surface area contributed by atoms with Crippen LogP contribution in [0.3, 0.4) is 0 Å². The van der Waals surface area contributed by atoms with Crippen molar-refractivity contribution in [1.82, 2.24) is 15.1 Å². The van der Waals surface area contributed by atoms with Gasteiger partial charge in [-0.1, -0.05) is 25.1 Å². The second-order valence-corrected chi connectivity index (χ2v) is 6.52. The predicted molar refractivity (Wildman–Crippen MR) is 103 cm³/mol. The molecule has 0 bridgehead atoms. The smallest absolute Gasteiger partial charge is 0.387 e. The Labute approximate surface area is 160 Å². The number of benzene rings is 1. The predicted octanol–water partition coefficient (Wildman–Crippen LogP) is 2.84. The Balaban J connectivity index is 1.63. The Kier molecular flexibility index (Phi) is 9.21. The van der Waals surface area contributed by atoms with E-state index in [4.69, 9.17) is 0 Å². The minimum absolute atomic E-state index is 0.0553. The van der Waals surface area contributed by atoms with Crippen molar-refractivity contribution < 1.29 is 18.3 Å². The van der Waals surface area contributed by atoms with Gasteiger partial charge in [0.15, 0.2) is 0 Å². The van der Waals surface area contributed by atoms with Gasteiger partial charge in [0.05, 0.1) is 0 Å². The first kappa shape index (κ1) is 21.3. The molecule has 5 nitrogen and oxygen atoms in total. The monoisotopic (exact) mass is 381 g/mol.